The molecule has 1 aliphatic heterocycles. The Morgan fingerprint density at radius 2 is 1.83 bits per heavy atom. The molecule has 0 unspecified atom stereocenters. The minimum atomic E-state index is -1.00. The molecule has 1 aliphatic rings. The van der Waals surface area contributed by atoms with Gasteiger partial charge in [0, 0.05) is 10.9 Å². The van der Waals surface area contributed by atoms with E-state index >= 15 is 0 Å². The summed E-state index contributed by atoms with van der Waals surface area (Å²) in [4.78, 5) is 11.7. The number of aliphatic carboxylic acids is 1. The Labute approximate surface area is 150 Å². The predicted octanol–water partition coefficient (Wildman–Crippen LogP) is 5.02. The van der Waals surface area contributed by atoms with Gasteiger partial charge in [0.25, 0.3) is 0 Å². The molecule has 6 heteroatoms. The molecule has 0 bridgehead atoms. The van der Waals surface area contributed by atoms with Crippen LogP contribution in [0.3, 0.4) is 0 Å². The summed E-state index contributed by atoms with van der Waals surface area (Å²) in [6.07, 6.45) is 0.652. The normalized spacial score (nSPS) is 20.1. The minimum Gasteiger partial charge on any atom is -0.477 e. The van der Waals surface area contributed by atoms with Crippen LogP contribution >= 0.6 is 23.2 Å². The molecule has 24 heavy (non-hydrogen) atoms. The number of hydrogen-bond donors (Lipinski definition) is 1. The number of hydrogen-bond acceptors (Lipinski definition) is 3. The third-order valence-electron chi connectivity index (χ3n) is 4.18. The number of rotatable bonds is 4. The van der Waals surface area contributed by atoms with E-state index in [2.05, 4.69) is 5.10 Å². The van der Waals surface area contributed by atoms with Gasteiger partial charge >= 0.3 is 5.97 Å². The summed E-state index contributed by atoms with van der Waals surface area (Å²) < 4.78 is 0. The van der Waals surface area contributed by atoms with Crippen molar-refractivity contribution in [2.75, 3.05) is 5.01 Å². The summed E-state index contributed by atoms with van der Waals surface area (Å²) in [5.74, 6) is -1.24. The third kappa shape index (κ3) is 2.99. The number of carbonyl (C=O) groups is 1. The smallest absolute Gasteiger partial charge is 0.352 e. The highest BCUT2D eigenvalue weighted by atomic mass is 35.5. The van der Waals surface area contributed by atoms with Gasteiger partial charge in [0.2, 0.25) is 0 Å². The maximum absolute atomic E-state index is 11.7. The number of carboxylic acid groups (broad SMARTS) is 1. The summed E-state index contributed by atoms with van der Waals surface area (Å²) >= 11 is 12.3. The zero-order valence-electron chi connectivity index (χ0n) is 13.0. The van der Waals surface area contributed by atoms with E-state index in [-0.39, 0.29) is 17.7 Å². The summed E-state index contributed by atoms with van der Waals surface area (Å²) in [5, 5.41) is 16.8. The van der Waals surface area contributed by atoms with Crippen molar-refractivity contribution in [2.24, 2.45) is 11.0 Å². The van der Waals surface area contributed by atoms with Crippen LogP contribution in [0.2, 0.25) is 10.0 Å². The molecule has 0 fully saturated rings. The molecule has 2 aromatic rings. The predicted molar refractivity (Wildman–Crippen MR) is 97.0 cm³/mol. The molecule has 0 saturated heterocycles. The SMILES string of the molecule is CC[C@H]1C(C(=O)O)=NN(c2ccccc2Cl)[C@H]1c1ccc(Cl)cc1. The maximum atomic E-state index is 11.7. The van der Waals surface area contributed by atoms with Crippen LogP contribution in [0.1, 0.15) is 24.9 Å². The lowest BCUT2D eigenvalue weighted by Gasteiger charge is -2.28. The summed E-state index contributed by atoms with van der Waals surface area (Å²) in [6.45, 7) is 1.96. The number of carboxylic acids is 1. The molecule has 0 aromatic heterocycles. The number of anilines is 1. The van der Waals surface area contributed by atoms with Crippen LogP contribution in [0.5, 0.6) is 0 Å². The lowest BCUT2D eigenvalue weighted by atomic mass is 9.88. The van der Waals surface area contributed by atoms with Crippen molar-refractivity contribution >= 4 is 40.6 Å². The van der Waals surface area contributed by atoms with Gasteiger partial charge in [0.15, 0.2) is 5.71 Å². The largest absolute Gasteiger partial charge is 0.477 e. The van der Waals surface area contributed by atoms with Crippen molar-refractivity contribution in [2.45, 2.75) is 19.4 Å². The first-order valence-corrected chi connectivity index (χ1v) is 8.39. The number of nitrogens with zero attached hydrogens (tertiary/aromatic N) is 2. The summed E-state index contributed by atoms with van der Waals surface area (Å²) in [5.41, 5.74) is 1.79. The second kappa shape index (κ2) is 6.83. The number of para-hydroxylation sites is 1. The zero-order chi connectivity index (χ0) is 17.3. The molecule has 0 aliphatic carbocycles. The van der Waals surface area contributed by atoms with Crippen LogP contribution in [-0.4, -0.2) is 16.8 Å². The molecule has 0 radical (unpaired) electrons. The lowest BCUT2D eigenvalue weighted by molar-refractivity contribution is -0.129. The van der Waals surface area contributed by atoms with Gasteiger partial charge in [-0.15, -0.1) is 0 Å². The van der Waals surface area contributed by atoms with Crippen LogP contribution in [0.25, 0.3) is 0 Å². The van der Waals surface area contributed by atoms with E-state index in [0.29, 0.717) is 22.2 Å². The fourth-order valence-corrected chi connectivity index (χ4v) is 3.41. The summed E-state index contributed by atoms with van der Waals surface area (Å²) in [6, 6.07) is 14.5. The monoisotopic (exact) mass is 362 g/mol. The first kappa shape index (κ1) is 16.8. The van der Waals surface area contributed by atoms with E-state index in [0.717, 1.165) is 5.56 Å². The first-order chi connectivity index (χ1) is 11.5. The van der Waals surface area contributed by atoms with Crippen molar-refractivity contribution in [3.8, 4) is 0 Å². The molecular weight excluding hydrogens is 347 g/mol. The van der Waals surface area contributed by atoms with Crippen LogP contribution in [0.4, 0.5) is 5.69 Å². The topological polar surface area (TPSA) is 52.9 Å². The van der Waals surface area contributed by atoms with Gasteiger partial charge in [-0.1, -0.05) is 54.4 Å². The Morgan fingerprint density at radius 3 is 2.42 bits per heavy atom. The molecular formula is C18H16Cl2N2O2. The van der Waals surface area contributed by atoms with Crippen molar-refractivity contribution in [3.63, 3.8) is 0 Å². The second-order valence-corrected chi connectivity index (χ2v) is 6.44. The first-order valence-electron chi connectivity index (χ1n) is 7.64. The van der Waals surface area contributed by atoms with Crippen molar-refractivity contribution < 1.29 is 9.90 Å². The van der Waals surface area contributed by atoms with Crippen molar-refractivity contribution in [1.29, 1.82) is 0 Å². The number of hydrazone groups is 1. The van der Waals surface area contributed by atoms with Gasteiger partial charge in [-0.25, -0.2) is 4.79 Å². The van der Waals surface area contributed by atoms with E-state index in [1.165, 1.54) is 0 Å². The van der Waals surface area contributed by atoms with E-state index < -0.39 is 5.97 Å². The zero-order valence-corrected chi connectivity index (χ0v) is 14.5. The molecule has 2 atom stereocenters. The van der Waals surface area contributed by atoms with Crippen LogP contribution in [0.15, 0.2) is 53.6 Å². The second-order valence-electron chi connectivity index (χ2n) is 5.60. The Bertz CT molecular complexity index is 790. The quantitative estimate of drug-likeness (QED) is 0.830. The molecule has 0 saturated carbocycles. The van der Waals surface area contributed by atoms with Crippen LogP contribution < -0.4 is 5.01 Å². The fourth-order valence-electron chi connectivity index (χ4n) is 3.07. The Morgan fingerprint density at radius 1 is 1.17 bits per heavy atom. The van der Waals surface area contributed by atoms with Gasteiger partial charge in [-0.3, -0.25) is 5.01 Å². The van der Waals surface area contributed by atoms with Crippen molar-refractivity contribution in [1.82, 2.24) is 0 Å². The lowest BCUT2D eigenvalue weighted by Crippen LogP contribution is -2.27. The van der Waals surface area contributed by atoms with Gasteiger partial charge in [0.1, 0.15) is 0 Å². The van der Waals surface area contributed by atoms with E-state index in [1.807, 2.05) is 37.3 Å². The molecule has 2 aromatic carbocycles. The highest BCUT2D eigenvalue weighted by Crippen LogP contribution is 2.43. The molecule has 1 heterocycles. The summed E-state index contributed by atoms with van der Waals surface area (Å²) in [7, 11) is 0. The molecule has 124 valence electrons. The average molecular weight is 363 g/mol. The Hall–Kier alpha value is -2.04. The molecule has 1 N–H and O–H groups in total. The average Bonchev–Trinajstić information content (AvgIpc) is 2.95. The van der Waals surface area contributed by atoms with Crippen LogP contribution in [-0.2, 0) is 4.79 Å². The minimum absolute atomic E-state index is 0.150. The third-order valence-corrected chi connectivity index (χ3v) is 4.75. The van der Waals surface area contributed by atoms with Gasteiger partial charge in [-0.2, -0.15) is 5.10 Å². The fraction of sp³-hybridized carbons (Fsp3) is 0.222. The van der Waals surface area contributed by atoms with E-state index in [1.54, 1.807) is 23.2 Å². The Balaban J connectivity index is 2.13. The van der Waals surface area contributed by atoms with Gasteiger partial charge in [0.05, 0.1) is 16.8 Å². The van der Waals surface area contributed by atoms with Gasteiger partial charge < -0.3 is 5.11 Å². The number of halogens is 2. The molecule has 3 rings (SSSR count). The standard InChI is InChI=1S/C18H16Cl2N2O2/c1-2-13-16(18(23)24)21-22(15-6-4-3-5-14(15)20)17(13)11-7-9-12(19)10-8-11/h3-10,13,17H,2H2,1H3,(H,23,24)/t13-,17-/m0/s1. The van der Waals surface area contributed by atoms with E-state index in [4.69, 9.17) is 23.2 Å². The highest BCUT2D eigenvalue weighted by molar-refractivity contribution is 6.38. The van der Waals surface area contributed by atoms with Crippen LogP contribution in [0, 0.1) is 5.92 Å². The van der Waals surface area contributed by atoms with Gasteiger partial charge in [-0.05, 0) is 36.2 Å². The molecule has 4 nitrogen and oxygen atoms in total. The number of benzene rings is 2. The van der Waals surface area contributed by atoms with E-state index in [9.17, 15) is 9.90 Å². The molecule has 0 amide bonds. The molecule has 0 spiro atoms. The van der Waals surface area contributed by atoms with Crippen molar-refractivity contribution in [3.05, 3.63) is 64.1 Å². The maximum Gasteiger partial charge on any atom is 0.352 e. The Kier molecular flexibility index (Phi) is 4.78. The highest BCUT2D eigenvalue weighted by Gasteiger charge is 2.41.